The maximum atomic E-state index is 13.5. The van der Waals surface area contributed by atoms with E-state index >= 15 is 0 Å². The van der Waals surface area contributed by atoms with Gasteiger partial charge in [-0.2, -0.15) is 0 Å². The van der Waals surface area contributed by atoms with E-state index in [-0.39, 0.29) is 16.9 Å². The summed E-state index contributed by atoms with van der Waals surface area (Å²) in [5, 5.41) is 13.5. The van der Waals surface area contributed by atoms with Gasteiger partial charge in [-0.05, 0) is 45.0 Å². The summed E-state index contributed by atoms with van der Waals surface area (Å²) in [6.45, 7) is 6.01. The lowest BCUT2D eigenvalue weighted by Gasteiger charge is -2.20. The van der Waals surface area contributed by atoms with Crippen LogP contribution < -0.4 is 10.6 Å². The predicted molar refractivity (Wildman–Crippen MR) is 79.8 cm³/mol. The average Bonchev–Trinajstić information content (AvgIpc) is 2.40. The highest BCUT2D eigenvalue weighted by atomic mass is 19.1. The summed E-state index contributed by atoms with van der Waals surface area (Å²) in [5.74, 6) is -0.262. The molecular weight excluding hydrogens is 271 g/mol. The number of hydrogen-bond donors (Lipinski definition) is 2. The number of halogens is 1. The van der Waals surface area contributed by atoms with Gasteiger partial charge in [0, 0.05) is 5.54 Å². The van der Waals surface area contributed by atoms with Crippen LogP contribution >= 0.6 is 0 Å². The topological polar surface area (TPSA) is 66.9 Å². The molecule has 1 aromatic carbocycles. The van der Waals surface area contributed by atoms with Crippen molar-refractivity contribution in [3.8, 4) is 0 Å². The van der Waals surface area contributed by atoms with Crippen molar-refractivity contribution in [2.75, 3.05) is 10.6 Å². The quantitative estimate of drug-likeness (QED) is 0.911. The van der Waals surface area contributed by atoms with Crippen molar-refractivity contribution in [3.63, 3.8) is 0 Å². The molecule has 21 heavy (non-hydrogen) atoms. The molecule has 2 aromatic rings. The Morgan fingerprint density at radius 2 is 1.67 bits per heavy atom. The zero-order valence-corrected chi connectivity index (χ0v) is 12.1. The lowest BCUT2D eigenvalue weighted by molar-refractivity contribution is 0.102. The Balaban J connectivity index is 2.07. The maximum absolute atomic E-state index is 13.5. The highest BCUT2D eigenvalue weighted by molar-refractivity contribution is 6.03. The molecule has 1 amide bonds. The van der Waals surface area contributed by atoms with E-state index < -0.39 is 11.7 Å². The fourth-order valence-electron chi connectivity index (χ4n) is 1.68. The second-order valence-corrected chi connectivity index (χ2v) is 5.61. The van der Waals surface area contributed by atoms with Crippen LogP contribution in [0.25, 0.3) is 0 Å². The molecular formula is C15H17FN4O. The molecule has 0 aliphatic heterocycles. The van der Waals surface area contributed by atoms with Crippen molar-refractivity contribution in [1.82, 2.24) is 10.2 Å². The molecule has 110 valence electrons. The summed E-state index contributed by atoms with van der Waals surface area (Å²) < 4.78 is 13.5. The van der Waals surface area contributed by atoms with Crippen LogP contribution in [0.2, 0.25) is 0 Å². The standard InChI is InChI=1S/C15H17FN4O/c1-15(2,3)18-13-9-8-12(19-20-13)17-14(21)10-6-4-5-7-11(10)16/h4-9H,1-3H3,(H,18,20)(H,17,19,21). The molecule has 2 rings (SSSR count). The van der Waals surface area contributed by atoms with Crippen molar-refractivity contribution in [1.29, 1.82) is 0 Å². The van der Waals surface area contributed by atoms with Gasteiger partial charge in [-0.25, -0.2) is 4.39 Å². The number of anilines is 2. The molecule has 0 atom stereocenters. The van der Waals surface area contributed by atoms with Crippen LogP contribution in [-0.4, -0.2) is 21.6 Å². The first-order valence-corrected chi connectivity index (χ1v) is 6.53. The minimum absolute atomic E-state index is 0.0313. The molecule has 0 saturated carbocycles. The number of amides is 1. The van der Waals surface area contributed by atoms with E-state index in [1.54, 1.807) is 18.2 Å². The first-order chi connectivity index (χ1) is 9.85. The van der Waals surface area contributed by atoms with Crippen LogP contribution in [0.3, 0.4) is 0 Å². The second-order valence-electron chi connectivity index (χ2n) is 5.61. The molecule has 1 aromatic heterocycles. The van der Waals surface area contributed by atoms with Gasteiger partial charge in [-0.15, -0.1) is 10.2 Å². The van der Waals surface area contributed by atoms with Crippen molar-refractivity contribution >= 4 is 17.5 Å². The lowest BCUT2D eigenvalue weighted by atomic mass is 10.1. The van der Waals surface area contributed by atoms with Gasteiger partial charge in [0.1, 0.15) is 11.6 Å². The van der Waals surface area contributed by atoms with Crippen LogP contribution in [0.1, 0.15) is 31.1 Å². The van der Waals surface area contributed by atoms with Gasteiger partial charge in [-0.3, -0.25) is 4.79 Å². The average molecular weight is 288 g/mol. The second kappa shape index (κ2) is 5.87. The number of rotatable bonds is 3. The predicted octanol–water partition coefficient (Wildman–Crippen LogP) is 3.08. The van der Waals surface area contributed by atoms with Crippen LogP contribution in [0.4, 0.5) is 16.0 Å². The van der Waals surface area contributed by atoms with Gasteiger partial charge in [0.2, 0.25) is 0 Å². The number of hydrogen-bond acceptors (Lipinski definition) is 4. The Morgan fingerprint density at radius 3 is 2.24 bits per heavy atom. The fraction of sp³-hybridized carbons (Fsp3) is 0.267. The highest BCUT2D eigenvalue weighted by Gasteiger charge is 2.13. The van der Waals surface area contributed by atoms with Gasteiger partial charge in [0.15, 0.2) is 5.82 Å². The fourth-order valence-corrected chi connectivity index (χ4v) is 1.68. The molecule has 0 unspecified atom stereocenters. The van der Waals surface area contributed by atoms with E-state index in [1.807, 2.05) is 20.8 Å². The Kier molecular flexibility index (Phi) is 4.16. The van der Waals surface area contributed by atoms with Gasteiger partial charge in [0.25, 0.3) is 5.91 Å². The minimum atomic E-state index is -0.575. The van der Waals surface area contributed by atoms with Gasteiger partial charge in [0.05, 0.1) is 5.56 Å². The summed E-state index contributed by atoms with van der Waals surface area (Å²) in [6.07, 6.45) is 0. The number of nitrogens with one attached hydrogen (secondary N) is 2. The number of benzene rings is 1. The number of carbonyl (C=O) groups is 1. The van der Waals surface area contributed by atoms with Crippen molar-refractivity contribution in [2.24, 2.45) is 0 Å². The highest BCUT2D eigenvalue weighted by Crippen LogP contribution is 2.14. The molecule has 0 aliphatic carbocycles. The number of carbonyl (C=O) groups excluding carboxylic acids is 1. The van der Waals surface area contributed by atoms with Crippen molar-refractivity contribution < 1.29 is 9.18 Å². The zero-order chi connectivity index (χ0) is 15.5. The first-order valence-electron chi connectivity index (χ1n) is 6.53. The Morgan fingerprint density at radius 1 is 1.05 bits per heavy atom. The Hall–Kier alpha value is -2.50. The number of aromatic nitrogens is 2. The van der Waals surface area contributed by atoms with Crippen LogP contribution in [0.15, 0.2) is 36.4 Å². The normalized spacial score (nSPS) is 11.0. The monoisotopic (exact) mass is 288 g/mol. The van der Waals surface area contributed by atoms with E-state index in [0.717, 1.165) is 0 Å². The third-order valence-corrected chi connectivity index (χ3v) is 2.53. The van der Waals surface area contributed by atoms with E-state index in [1.165, 1.54) is 18.2 Å². The molecule has 5 nitrogen and oxygen atoms in total. The molecule has 0 fully saturated rings. The molecule has 1 heterocycles. The molecule has 6 heteroatoms. The van der Waals surface area contributed by atoms with Crippen molar-refractivity contribution in [3.05, 3.63) is 47.8 Å². The van der Waals surface area contributed by atoms with Crippen LogP contribution in [-0.2, 0) is 0 Å². The van der Waals surface area contributed by atoms with E-state index in [0.29, 0.717) is 5.82 Å². The van der Waals surface area contributed by atoms with Crippen molar-refractivity contribution in [2.45, 2.75) is 26.3 Å². The first kappa shape index (κ1) is 14.9. The Labute approximate surface area is 122 Å². The SMILES string of the molecule is CC(C)(C)Nc1ccc(NC(=O)c2ccccc2F)nn1. The summed E-state index contributed by atoms with van der Waals surface area (Å²) >= 11 is 0. The molecule has 0 radical (unpaired) electrons. The maximum Gasteiger partial charge on any atom is 0.259 e. The third-order valence-electron chi connectivity index (χ3n) is 2.53. The zero-order valence-electron chi connectivity index (χ0n) is 12.1. The lowest BCUT2D eigenvalue weighted by Crippen LogP contribution is -2.26. The molecule has 2 N–H and O–H groups in total. The van der Waals surface area contributed by atoms with E-state index in [2.05, 4.69) is 20.8 Å². The van der Waals surface area contributed by atoms with E-state index in [9.17, 15) is 9.18 Å². The largest absolute Gasteiger partial charge is 0.364 e. The molecule has 0 aliphatic rings. The van der Waals surface area contributed by atoms with Crippen LogP contribution in [0.5, 0.6) is 0 Å². The summed E-state index contributed by atoms with van der Waals surface area (Å²) in [7, 11) is 0. The number of nitrogens with zero attached hydrogens (tertiary/aromatic N) is 2. The van der Waals surface area contributed by atoms with Gasteiger partial charge < -0.3 is 10.6 Å². The summed E-state index contributed by atoms with van der Waals surface area (Å²) in [4.78, 5) is 11.9. The van der Waals surface area contributed by atoms with Gasteiger partial charge in [-0.1, -0.05) is 12.1 Å². The molecule has 0 spiro atoms. The Bertz CT molecular complexity index is 635. The third kappa shape index (κ3) is 4.24. The van der Waals surface area contributed by atoms with Gasteiger partial charge >= 0.3 is 0 Å². The smallest absolute Gasteiger partial charge is 0.259 e. The van der Waals surface area contributed by atoms with Crippen LogP contribution in [0, 0.1) is 5.82 Å². The molecule has 0 bridgehead atoms. The van der Waals surface area contributed by atoms with E-state index in [4.69, 9.17) is 0 Å². The summed E-state index contributed by atoms with van der Waals surface area (Å²) in [6, 6.07) is 9.08. The minimum Gasteiger partial charge on any atom is -0.364 e. The summed E-state index contributed by atoms with van der Waals surface area (Å²) in [5.41, 5.74) is -0.164. The molecule has 0 saturated heterocycles.